The molecule has 4 N–H and O–H groups in total. The molecular formula is C60H72N10O9S2. The van der Waals surface area contributed by atoms with Gasteiger partial charge in [-0.1, -0.05) is 87.5 Å². The molecule has 0 radical (unpaired) electrons. The number of rotatable bonds is 24. The maximum Gasteiger partial charge on any atom is 0.255 e. The van der Waals surface area contributed by atoms with E-state index in [0.29, 0.717) is 43.7 Å². The van der Waals surface area contributed by atoms with Gasteiger partial charge in [0.15, 0.2) is 5.13 Å². The van der Waals surface area contributed by atoms with Gasteiger partial charge in [-0.2, -0.15) is 0 Å². The highest BCUT2D eigenvalue weighted by Crippen LogP contribution is 2.36. The Morgan fingerprint density at radius 2 is 1.49 bits per heavy atom. The quantitative estimate of drug-likeness (QED) is 0.0453. The van der Waals surface area contributed by atoms with E-state index in [4.69, 9.17) is 19.2 Å². The number of ether oxygens (including phenoxy) is 3. The number of piperazine rings is 1. The van der Waals surface area contributed by atoms with Gasteiger partial charge in [0.2, 0.25) is 17.7 Å². The number of amides is 5. The number of hydrogen-bond donors (Lipinski definition) is 4. The Balaban J connectivity index is 0.632. The number of aliphatic hydroxyl groups excluding tert-OH is 1. The Bertz CT molecular complexity index is 3080. The molecular weight excluding hydrogens is 1070 g/mol. The van der Waals surface area contributed by atoms with Crippen LogP contribution in [0.5, 0.6) is 0 Å². The lowest BCUT2D eigenvalue weighted by Crippen LogP contribution is -2.58. The van der Waals surface area contributed by atoms with E-state index in [9.17, 15) is 29.1 Å². The lowest BCUT2D eigenvalue weighted by Gasteiger charge is -2.35. The molecule has 3 aliphatic rings. The third-order valence-electron chi connectivity index (χ3n) is 14.9. The number of hydrogen-bond acceptors (Lipinski definition) is 16. The van der Waals surface area contributed by atoms with Crippen molar-refractivity contribution in [2.75, 3.05) is 89.1 Å². The molecule has 9 rings (SSSR count). The molecule has 81 heavy (non-hydrogen) atoms. The van der Waals surface area contributed by atoms with Gasteiger partial charge in [0, 0.05) is 87.6 Å². The number of carbonyl (C=O) groups excluding carboxylic acids is 5. The zero-order valence-corrected chi connectivity index (χ0v) is 48.2. The molecule has 1 unspecified atom stereocenters. The molecule has 0 saturated carbocycles. The summed E-state index contributed by atoms with van der Waals surface area (Å²) < 4.78 is 17.2. The van der Waals surface area contributed by atoms with Crippen molar-refractivity contribution in [1.29, 1.82) is 0 Å². The van der Waals surface area contributed by atoms with E-state index < -0.39 is 35.6 Å². The van der Waals surface area contributed by atoms with Crippen LogP contribution in [0.15, 0.2) is 108 Å². The number of fused-ring (bicyclic) bond motifs is 1. The van der Waals surface area contributed by atoms with Gasteiger partial charge in [-0.25, -0.2) is 15.0 Å². The first-order chi connectivity index (χ1) is 39.1. The van der Waals surface area contributed by atoms with Crippen LogP contribution in [0.25, 0.3) is 21.6 Å². The van der Waals surface area contributed by atoms with Crippen LogP contribution in [0.3, 0.4) is 0 Å². The number of aliphatic hydroxyl groups is 1. The lowest BCUT2D eigenvalue weighted by atomic mass is 9.85. The molecule has 2 saturated heterocycles. The minimum absolute atomic E-state index is 0.0104. The van der Waals surface area contributed by atoms with Crippen LogP contribution >= 0.6 is 22.7 Å². The van der Waals surface area contributed by atoms with E-state index in [1.807, 2.05) is 131 Å². The number of likely N-dealkylation sites (tertiary alicyclic amines) is 1. The molecule has 0 bridgehead atoms. The van der Waals surface area contributed by atoms with Gasteiger partial charge in [0.05, 0.1) is 67.9 Å². The fraction of sp³-hybridized carbons (Fsp3) is 0.433. The van der Waals surface area contributed by atoms with Crippen LogP contribution in [-0.2, 0) is 39.9 Å². The van der Waals surface area contributed by atoms with E-state index in [2.05, 4.69) is 35.7 Å². The molecule has 3 aliphatic heterocycles. The number of nitrogens with zero attached hydrogens (tertiary/aromatic N) is 7. The van der Waals surface area contributed by atoms with Crippen molar-refractivity contribution in [2.24, 2.45) is 5.41 Å². The summed E-state index contributed by atoms with van der Waals surface area (Å²) in [4.78, 5) is 90.6. The normalized spacial score (nSPS) is 17.7. The summed E-state index contributed by atoms with van der Waals surface area (Å²) >= 11 is 2.90. The highest BCUT2D eigenvalue weighted by atomic mass is 32.1. The van der Waals surface area contributed by atoms with Crippen molar-refractivity contribution in [3.8, 4) is 21.6 Å². The number of pyridine rings is 1. The van der Waals surface area contributed by atoms with E-state index in [1.54, 1.807) is 27.8 Å². The Kier molecular flexibility index (Phi) is 19.7. The van der Waals surface area contributed by atoms with Gasteiger partial charge in [0.1, 0.15) is 23.9 Å². The van der Waals surface area contributed by atoms with Gasteiger partial charge in [0.25, 0.3) is 11.8 Å². The van der Waals surface area contributed by atoms with E-state index >= 15 is 0 Å². The van der Waals surface area contributed by atoms with Crippen LogP contribution in [-0.4, -0.2) is 161 Å². The number of aromatic nitrogens is 3. The predicted molar refractivity (Wildman–Crippen MR) is 312 cm³/mol. The van der Waals surface area contributed by atoms with Gasteiger partial charge in [-0.05, 0) is 65.3 Å². The third-order valence-corrected chi connectivity index (χ3v) is 16.6. The molecule has 5 amide bonds. The average molecular weight is 1140 g/mol. The highest BCUT2D eigenvalue weighted by molar-refractivity contribution is 7.14. The largest absolute Gasteiger partial charge is 0.391 e. The second-order valence-corrected chi connectivity index (χ2v) is 23.4. The first kappa shape index (κ1) is 58.7. The molecule has 0 spiro atoms. The topological polar surface area (TPSA) is 221 Å². The summed E-state index contributed by atoms with van der Waals surface area (Å²) in [5, 5.41) is 21.7. The Labute approximate surface area is 481 Å². The van der Waals surface area contributed by atoms with Crippen molar-refractivity contribution in [3.05, 3.63) is 136 Å². The van der Waals surface area contributed by atoms with E-state index in [-0.39, 0.29) is 62.3 Å². The summed E-state index contributed by atoms with van der Waals surface area (Å²) in [5.74, 6) is -0.765. The van der Waals surface area contributed by atoms with Crippen molar-refractivity contribution < 1.29 is 43.3 Å². The summed E-state index contributed by atoms with van der Waals surface area (Å²) in [7, 11) is 0. The smallest absolute Gasteiger partial charge is 0.255 e. The van der Waals surface area contributed by atoms with Gasteiger partial charge >= 0.3 is 0 Å². The van der Waals surface area contributed by atoms with Crippen LogP contribution in [0.4, 0.5) is 10.9 Å². The monoisotopic (exact) mass is 1140 g/mol. The number of aryl methyl sites for hydroxylation is 1. The van der Waals surface area contributed by atoms with Crippen LogP contribution < -0.4 is 20.9 Å². The maximum atomic E-state index is 14.1. The first-order valence-electron chi connectivity index (χ1n) is 27.6. The number of β-amino-alcohol motifs (C(OH)–C–C–N with tert-alkyl or cyclic N) is 1. The Hall–Kier alpha value is -6.98. The van der Waals surface area contributed by atoms with Crippen LogP contribution in [0, 0.1) is 12.3 Å². The number of nitrogens with one attached hydrogen (secondary N) is 3. The fourth-order valence-corrected chi connectivity index (χ4v) is 11.7. The number of thiazole rings is 2. The second-order valence-electron chi connectivity index (χ2n) is 21.6. The van der Waals surface area contributed by atoms with Crippen molar-refractivity contribution >= 4 is 63.2 Å². The minimum atomic E-state index is -0.936. The van der Waals surface area contributed by atoms with Crippen LogP contribution in [0.2, 0.25) is 0 Å². The highest BCUT2D eigenvalue weighted by Gasteiger charge is 2.45. The molecule has 5 atom stereocenters. The zero-order valence-electron chi connectivity index (χ0n) is 46.5. The SMILES string of the molecule is Cc1ncsc1-c1ccc([C@H](C)NC(=O)[C@@H]2C[C@@H](O)CN2C(=O)[C@@H](NC(=O)CCOCCOCCOCCN2CCN(c3ccc(-c4ccc5c(c4)C(=O)N(C(C(=O)Nc4nccs4)c4ccccc4)C5)cn3)CC2)C(C)(C)C)cc1. The third kappa shape index (κ3) is 14.9. The van der Waals surface area contributed by atoms with Gasteiger partial charge < -0.3 is 44.7 Å². The average Bonchev–Trinajstić information content (AvgIpc) is 4.31. The maximum absolute atomic E-state index is 14.1. The number of anilines is 2. The predicted octanol–water partition coefficient (Wildman–Crippen LogP) is 6.90. The number of benzene rings is 3. The molecule has 3 aromatic carbocycles. The van der Waals surface area contributed by atoms with Crippen molar-refractivity contribution in [2.45, 2.75) is 84.3 Å². The van der Waals surface area contributed by atoms with Gasteiger partial charge in [-0.3, -0.25) is 34.2 Å². The number of carbonyl (C=O) groups is 5. The fourth-order valence-electron chi connectivity index (χ4n) is 10.4. The second kappa shape index (κ2) is 27.2. The van der Waals surface area contributed by atoms with Gasteiger partial charge in [-0.15, -0.1) is 22.7 Å². The van der Waals surface area contributed by atoms with Crippen molar-refractivity contribution in [3.63, 3.8) is 0 Å². The summed E-state index contributed by atoms with van der Waals surface area (Å²) in [6, 6.07) is 24.2. The zero-order chi connectivity index (χ0) is 57.0. The summed E-state index contributed by atoms with van der Waals surface area (Å²) in [5.41, 5.74) is 7.99. The molecule has 21 heteroatoms. The first-order valence-corrected chi connectivity index (χ1v) is 29.3. The molecule has 0 aliphatic carbocycles. The Morgan fingerprint density at radius 1 is 0.790 bits per heavy atom. The Morgan fingerprint density at radius 3 is 2.16 bits per heavy atom. The summed E-state index contributed by atoms with van der Waals surface area (Å²) in [6.07, 6.45) is 2.73. The molecule has 6 aromatic rings. The van der Waals surface area contributed by atoms with E-state index in [0.717, 1.165) is 82.5 Å². The van der Waals surface area contributed by atoms with Crippen LogP contribution in [0.1, 0.15) is 85.4 Å². The molecule has 19 nitrogen and oxygen atoms in total. The molecule has 428 valence electrons. The lowest BCUT2D eigenvalue weighted by molar-refractivity contribution is -0.144. The molecule has 2 fully saturated rings. The minimum Gasteiger partial charge on any atom is -0.391 e. The van der Waals surface area contributed by atoms with Crippen molar-refractivity contribution in [1.82, 2.24) is 40.3 Å². The summed E-state index contributed by atoms with van der Waals surface area (Å²) in [6.45, 7) is 16.1. The molecule has 3 aromatic heterocycles. The molecule has 6 heterocycles. The van der Waals surface area contributed by atoms with E-state index in [1.165, 1.54) is 16.2 Å². The standard InChI is InChI=1S/C60H72N10O9S2/c1-39(41-11-13-43(14-12-41)53-40(2)63-38-81-53)64-55(73)49-34-47(71)37-69(49)58(76)54(60(3,4)5)65-51(72)19-26-77-28-30-79-31-29-78-27-25-67-21-23-68(24-22-67)50-18-17-45(35-62-50)44-15-16-46-36-70(57(75)48(46)33-44)52(42-9-7-6-8-10-42)56(74)66-59-61-20-32-80-59/h6-18,20,32-33,35,38-39,47,49,52,54,71H,19,21-31,34,36-37H2,1-5H3,(H,64,73)(H,65,72)(H,61,66,74)/t39-,47+,49-,52?,54+/m0/s1.